The average Bonchev–Trinajstić information content (AvgIpc) is 2.67. The van der Waals surface area contributed by atoms with Crippen LogP contribution in [0.1, 0.15) is 12.5 Å². The fourth-order valence-corrected chi connectivity index (χ4v) is 4.09. The number of carbonyl (C=O) groups excluding carboxylic acids is 1. The first-order valence-electron chi connectivity index (χ1n) is 9.41. The van der Waals surface area contributed by atoms with E-state index in [0.717, 1.165) is 36.3 Å². The molecule has 0 atom stereocenters. The molecule has 28 heavy (non-hydrogen) atoms. The quantitative estimate of drug-likeness (QED) is 0.858. The molecule has 2 aromatic carbocycles. The van der Waals surface area contributed by atoms with Gasteiger partial charge >= 0.3 is 0 Å². The molecule has 0 unspecified atom stereocenters. The summed E-state index contributed by atoms with van der Waals surface area (Å²) in [6.45, 7) is 4.55. The van der Waals surface area contributed by atoms with Crippen LogP contribution < -0.4 is 20.4 Å². The molecular weight excluding hydrogens is 359 g/mol. The van der Waals surface area contributed by atoms with Crippen molar-refractivity contribution >= 4 is 17.4 Å². The first-order chi connectivity index (χ1) is 13.5. The van der Waals surface area contributed by atoms with Gasteiger partial charge in [0.1, 0.15) is 24.7 Å². The summed E-state index contributed by atoms with van der Waals surface area (Å²) in [5.41, 5.74) is 5.88. The zero-order valence-electron chi connectivity index (χ0n) is 15.6. The molecule has 3 heterocycles. The summed E-state index contributed by atoms with van der Waals surface area (Å²) < 4.78 is 20.5. The number of nitrogens with one attached hydrogen (secondary N) is 2. The summed E-state index contributed by atoms with van der Waals surface area (Å²) >= 11 is 0. The summed E-state index contributed by atoms with van der Waals surface area (Å²) in [4.78, 5) is 13.8. The molecule has 3 aliphatic rings. The number of nitrogens with zero attached hydrogens (tertiary/aromatic N) is 2. The van der Waals surface area contributed by atoms with Gasteiger partial charge in [0.15, 0.2) is 5.84 Å². The van der Waals surface area contributed by atoms with Crippen molar-refractivity contribution in [1.82, 2.24) is 10.7 Å². The van der Waals surface area contributed by atoms with Crippen LogP contribution in [-0.2, 0) is 11.2 Å². The summed E-state index contributed by atoms with van der Waals surface area (Å²) in [6.07, 6.45) is 0.809. The summed E-state index contributed by atoms with van der Waals surface area (Å²) in [7, 11) is 0. The Morgan fingerprint density at radius 1 is 1.25 bits per heavy atom. The SMILES string of the molecule is CC1(Cc2cc3c(cc2-c2ccccc2F)OCC2=NNC(=O)CN23)CNC1. The number of halogens is 1. The zero-order chi connectivity index (χ0) is 19.3. The second-order valence-electron chi connectivity index (χ2n) is 7.99. The van der Waals surface area contributed by atoms with E-state index in [2.05, 4.69) is 22.8 Å². The van der Waals surface area contributed by atoms with E-state index in [-0.39, 0.29) is 30.3 Å². The van der Waals surface area contributed by atoms with Gasteiger partial charge in [-0.25, -0.2) is 9.82 Å². The molecule has 2 aromatic rings. The summed E-state index contributed by atoms with van der Waals surface area (Å²) in [6, 6.07) is 10.8. The van der Waals surface area contributed by atoms with Crippen LogP contribution in [0.25, 0.3) is 11.1 Å². The number of benzene rings is 2. The molecule has 0 radical (unpaired) electrons. The van der Waals surface area contributed by atoms with Crippen molar-refractivity contribution in [3.8, 4) is 16.9 Å². The van der Waals surface area contributed by atoms with Crippen LogP contribution in [0.2, 0.25) is 0 Å². The van der Waals surface area contributed by atoms with Crippen LogP contribution >= 0.6 is 0 Å². The van der Waals surface area contributed by atoms with E-state index < -0.39 is 0 Å². The van der Waals surface area contributed by atoms with Gasteiger partial charge in [-0.15, -0.1) is 0 Å². The van der Waals surface area contributed by atoms with Gasteiger partial charge in [0.05, 0.1) is 5.69 Å². The summed E-state index contributed by atoms with van der Waals surface area (Å²) in [5, 5.41) is 7.43. The Kier molecular flexibility index (Phi) is 3.87. The highest BCUT2D eigenvalue weighted by molar-refractivity contribution is 6.08. The molecule has 1 saturated heterocycles. The number of amidine groups is 1. The molecule has 1 fully saturated rings. The van der Waals surface area contributed by atoms with Crippen molar-refractivity contribution in [3.05, 3.63) is 47.8 Å². The van der Waals surface area contributed by atoms with Gasteiger partial charge in [-0.3, -0.25) is 4.79 Å². The Labute approximate surface area is 162 Å². The number of rotatable bonds is 3. The zero-order valence-corrected chi connectivity index (χ0v) is 15.6. The number of hydrogen-bond acceptors (Lipinski definition) is 5. The van der Waals surface area contributed by atoms with Crippen molar-refractivity contribution in [1.29, 1.82) is 0 Å². The molecule has 7 heteroatoms. The van der Waals surface area contributed by atoms with E-state index >= 15 is 0 Å². The average molecular weight is 380 g/mol. The lowest BCUT2D eigenvalue weighted by atomic mass is 9.76. The minimum atomic E-state index is -0.254. The van der Waals surface area contributed by atoms with E-state index in [4.69, 9.17) is 4.74 Å². The Hall–Kier alpha value is -2.93. The molecule has 0 aromatic heterocycles. The number of hydrazone groups is 1. The predicted octanol–water partition coefficient (Wildman–Crippen LogP) is 2.29. The molecule has 0 spiro atoms. The lowest BCUT2D eigenvalue weighted by molar-refractivity contribution is -0.119. The van der Waals surface area contributed by atoms with Crippen LogP contribution in [0.3, 0.4) is 0 Å². The van der Waals surface area contributed by atoms with Crippen molar-refractivity contribution in [2.24, 2.45) is 10.5 Å². The molecule has 0 bridgehead atoms. The third-order valence-electron chi connectivity index (χ3n) is 5.64. The molecule has 2 N–H and O–H groups in total. The number of hydrogen-bond donors (Lipinski definition) is 2. The molecule has 0 aliphatic carbocycles. The number of carbonyl (C=O) groups is 1. The lowest BCUT2D eigenvalue weighted by Gasteiger charge is -2.41. The van der Waals surface area contributed by atoms with Gasteiger partial charge < -0.3 is 15.0 Å². The maximum atomic E-state index is 14.6. The second-order valence-corrected chi connectivity index (χ2v) is 7.99. The predicted molar refractivity (Wildman–Crippen MR) is 105 cm³/mol. The van der Waals surface area contributed by atoms with Crippen LogP contribution in [0.5, 0.6) is 5.75 Å². The number of amides is 1. The van der Waals surface area contributed by atoms with Gasteiger partial charge in [0.25, 0.3) is 5.91 Å². The second kappa shape index (κ2) is 6.31. The van der Waals surface area contributed by atoms with E-state index in [1.54, 1.807) is 12.1 Å². The highest BCUT2D eigenvalue weighted by atomic mass is 19.1. The van der Waals surface area contributed by atoms with E-state index in [1.807, 2.05) is 23.1 Å². The monoisotopic (exact) mass is 380 g/mol. The van der Waals surface area contributed by atoms with Gasteiger partial charge in [-0.2, -0.15) is 5.10 Å². The van der Waals surface area contributed by atoms with Crippen molar-refractivity contribution < 1.29 is 13.9 Å². The molecular formula is C21H21FN4O2. The van der Waals surface area contributed by atoms with Gasteiger partial charge in [-0.1, -0.05) is 25.1 Å². The van der Waals surface area contributed by atoms with Gasteiger partial charge in [0.2, 0.25) is 0 Å². The normalized spacial score (nSPS) is 19.6. The van der Waals surface area contributed by atoms with Crippen LogP contribution in [0, 0.1) is 11.2 Å². The maximum absolute atomic E-state index is 14.6. The van der Waals surface area contributed by atoms with E-state index in [1.165, 1.54) is 6.07 Å². The van der Waals surface area contributed by atoms with Crippen LogP contribution in [0.15, 0.2) is 41.5 Å². The molecule has 144 valence electrons. The Bertz CT molecular complexity index is 1000. The smallest absolute Gasteiger partial charge is 0.260 e. The minimum absolute atomic E-state index is 0.125. The van der Waals surface area contributed by atoms with Crippen molar-refractivity contribution in [2.75, 3.05) is 31.1 Å². The highest BCUT2D eigenvalue weighted by Gasteiger charge is 2.35. The molecule has 1 amide bonds. The minimum Gasteiger partial charge on any atom is -0.483 e. The summed E-state index contributed by atoms with van der Waals surface area (Å²) in [5.74, 6) is 0.906. The standard InChI is InChI=1S/C21H21FN4O2/c1-21(11-23-12-21)8-13-6-17-18(7-15(13)14-4-2-3-5-16(14)22)28-10-19-24-25-20(27)9-26(17)19/h2-7,23H,8-12H2,1H3,(H,25,27). The Balaban J connectivity index is 1.65. The van der Waals surface area contributed by atoms with Crippen molar-refractivity contribution in [2.45, 2.75) is 13.3 Å². The third-order valence-corrected chi connectivity index (χ3v) is 5.64. The fraction of sp³-hybridized carbons (Fsp3) is 0.333. The van der Waals surface area contributed by atoms with Crippen LogP contribution in [-0.4, -0.2) is 38.0 Å². The number of fused-ring (bicyclic) bond motifs is 3. The molecule has 6 nitrogen and oxygen atoms in total. The number of ether oxygens (including phenoxy) is 1. The van der Waals surface area contributed by atoms with E-state index in [9.17, 15) is 9.18 Å². The number of anilines is 1. The van der Waals surface area contributed by atoms with Gasteiger partial charge in [0, 0.05) is 18.7 Å². The van der Waals surface area contributed by atoms with E-state index in [0.29, 0.717) is 17.1 Å². The van der Waals surface area contributed by atoms with Gasteiger partial charge in [-0.05, 0) is 41.2 Å². The Morgan fingerprint density at radius 3 is 2.82 bits per heavy atom. The van der Waals surface area contributed by atoms with Crippen molar-refractivity contribution in [3.63, 3.8) is 0 Å². The van der Waals surface area contributed by atoms with Crippen LogP contribution in [0.4, 0.5) is 10.1 Å². The highest BCUT2D eigenvalue weighted by Crippen LogP contribution is 2.42. The molecule has 5 rings (SSSR count). The largest absolute Gasteiger partial charge is 0.483 e. The third kappa shape index (κ3) is 2.82. The maximum Gasteiger partial charge on any atom is 0.260 e. The topological polar surface area (TPSA) is 66.0 Å². The molecule has 3 aliphatic heterocycles. The first-order valence-corrected chi connectivity index (χ1v) is 9.41. The fourth-order valence-electron chi connectivity index (χ4n) is 4.09. The molecule has 0 saturated carbocycles. The Morgan fingerprint density at radius 2 is 2.07 bits per heavy atom. The lowest BCUT2D eigenvalue weighted by Crippen LogP contribution is -2.52. The first kappa shape index (κ1) is 17.2.